The van der Waals surface area contributed by atoms with Gasteiger partial charge in [0.05, 0.1) is 19.6 Å². The van der Waals surface area contributed by atoms with Crippen LogP contribution < -0.4 is 9.47 Å². The topological polar surface area (TPSA) is 55.4 Å². The smallest absolute Gasteiger partial charge is 0.359 e. The molecule has 1 aromatic carbocycles. The molecule has 0 heterocycles. The van der Waals surface area contributed by atoms with Crippen molar-refractivity contribution in [1.29, 1.82) is 0 Å². The number of hydrogen-bond donors (Lipinski definition) is 0. The fourth-order valence-corrected chi connectivity index (χ4v) is 1.37. The predicted molar refractivity (Wildman–Crippen MR) is 58.2 cm³/mol. The summed E-state index contributed by atoms with van der Waals surface area (Å²) in [4.78, 5) is 10.5. The van der Waals surface area contributed by atoms with E-state index in [0.717, 1.165) is 0 Å². The van der Waals surface area contributed by atoms with Gasteiger partial charge >= 0.3 is 5.97 Å². The molecule has 4 heteroatoms. The molecular formula is C12H15O4. The Hall–Kier alpha value is -1.71. The lowest BCUT2D eigenvalue weighted by molar-refractivity contribution is -0.142. The third-order valence-corrected chi connectivity index (χ3v) is 1.96. The van der Waals surface area contributed by atoms with Gasteiger partial charge in [-0.2, -0.15) is 0 Å². The number of hydrogen-bond acceptors (Lipinski definition) is 3. The van der Waals surface area contributed by atoms with Gasteiger partial charge in [-0.25, -0.2) is 9.90 Å². The highest BCUT2D eigenvalue weighted by atomic mass is 16.5. The molecule has 1 aromatic rings. The predicted octanol–water partition coefficient (Wildman–Crippen LogP) is 1.98. The Kier molecular flexibility index (Phi) is 4.64. The molecule has 0 aromatic heterocycles. The highest BCUT2D eigenvalue weighted by molar-refractivity contribution is 5.70. The van der Waals surface area contributed by atoms with Crippen LogP contribution in [0.15, 0.2) is 18.2 Å². The van der Waals surface area contributed by atoms with Crippen LogP contribution in [0.4, 0.5) is 0 Å². The zero-order valence-electron chi connectivity index (χ0n) is 9.49. The molecule has 0 saturated carbocycles. The van der Waals surface area contributed by atoms with Crippen LogP contribution in [0.5, 0.6) is 11.5 Å². The van der Waals surface area contributed by atoms with Crippen molar-refractivity contribution < 1.29 is 19.4 Å². The molecule has 0 bridgehead atoms. The molecule has 1 radical (unpaired) electrons. The van der Waals surface area contributed by atoms with E-state index in [9.17, 15) is 9.90 Å². The van der Waals surface area contributed by atoms with Crippen molar-refractivity contribution in [1.82, 2.24) is 0 Å². The highest BCUT2D eigenvalue weighted by Crippen LogP contribution is 2.28. The quantitative estimate of drug-likeness (QED) is 0.741. The maximum Gasteiger partial charge on any atom is 0.359 e. The van der Waals surface area contributed by atoms with Crippen molar-refractivity contribution in [2.75, 3.05) is 13.2 Å². The molecule has 0 aliphatic rings. The second kappa shape index (κ2) is 6.00. The Labute approximate surface area is 94.8 Å². The zero-order valence-corrected chi connectivity index (χ0v) is 9.49. The number of carbonyl (C=O) groups is 1. The number of benzene rings is 1. The van der Waals surface area contributed by atoms with Crippen LogP contribution in [0.3, 0.4) is 0 Å². The summed E-state index contributed by atoms with van der Waals surface area (Å²) >= 11 is 0. The third-order valence-electron chi connectivity index (χ3n) is 1.96. The van der Waals surface area contributed by atoms with Gasteiger partial charge in [0.25, 0.3) is 0 Å². The summed E-state index contributed by atoms with van der Waals surface area (Å²) in [6, 6.07) is 5.08. The van der Waals surface area contributed by atoms with Crippen LogP contribution in [0.1, 0.15) is 19.4 Å². The largest absolute Gasteiger partial charge is 0.490 e. The molecule has 0 spiro atoms. The number of carbonyl (C=O) groups excluding carboxylic acids is 1. The van der Waals surface area contributed by atoms with Gasteiger partial charge in [0.1, 0.15) is 0 Å². The van der Waals surface area contributed by atoms with Gasteiger partial charge in [0, 0.05) is 0 Å². The highest BCUT2D eigenvalue weighted by Gasteiger charge is 2.08. The molecule has 0 saturated heterocycles. The van der Waals surface area contributed by atoms with Gasteiger partial charge in [-0.3, -0.25) is 0 Å². The molecule has 0 atom stereocenters. The standard InChI is InChI=1S/C12H15O4/c1-3-15-10-6-5-9(8-12(13)14)7-11(10)16-4-2/h5-7H,3-4,8H2,1-2H3. The molecule has 0 amide bonds. The second-order valence-corrected chi connectivity index (χ2v) is 3.20. The summed E-state index contributed by atoms with van der Waals surface area (Å²) in [6.07, 6.45) is -0.119. The Balaban J connectivity index is 2.92. The van der Waals surface area contributed by atoms with Crippen LogP contribution in [0, 0.1) is 0 Å². The van der Waals surface area contributed by atoms with Crippen molar-refractivity contribution >= 4 is 5.97 Å². The molecule has 0 aliphatic carbocycles. The molecule has 0 N–H and O–H groups in total. The van der Waals surface area contributed by atoms with Gasteiger partial charge in [-0.1, -0.05) is 6.07 Å². The average molecular weight is 223 g/mol. The normalized spacial score (nSPS) is 9.88. The number of rotatable bonds is 6. The first-order chi connectivity index (χ1) is 7.67. The lowest BCUT2D eigenvalue weighted by Gasteiger charge is -2.11. The van der Waals surface area contributed by atoms with E-state index < -0.39 is 5.97 Å². The van der Waals surface area contributed by atoms with Gasteiger partial charge in [-0.15, -0.1) is 0 Å². The minimum absolute atomic E-state index is 0.119. The van der Waals surface area contributed by atoms with Crippen LogP contribution in [0.2, 0.25) is 0 Å². The van der Waals surface area contributed by atoms with Crippen molar-refractivity contribution in [3.8, 4) is 11.5 Å². The van der Waals surface area contributed by atoms with Crippen LogP contribution in [0.25, 0.3) is 0 Å². The van der Waals surface area contributed by atoms with Gasteiger partial charge < -0.3 is 9.47 Å². The molecule has 4 nitrogen and oxygen atoms in total. The van der Waals surface area contributed by atoms with Gasteiger partial charge in [0.2, 0.25) is 0 Å². The van der Waals surface area contributed by atoms with E-state index in [1.807, 2.05) is 13.8 Å². The SMILES string of the molecule is CCOc1ccc(CC([O])=O)cc1OCC. The second-order valence-electron chi connectivity index (χ2n) is 3.20. The van der Waals surface area contributed by atoms with E-state index >= 15 is 0 Å². The molecule has 0 aliphatic heterocycles. The maximum atomic E-state index is 10.5. The van der Waals surface area contributed by atoms with Gasteiger partial charge in [-0.05, 0) is 31.5 Å². The van der Waals surface area contributed by atoms with E-state index in [2.05, 4.69) is 0 Å². The summed E-state index contributed by atoms with van der Waals surface area (Å²) in [5.41, 5.74) is 0.645. The molecule has 0 unspecified atom stereocenters. The minimum Gasteiger partial charge on any atom is -0.490 e. The molecule has 1 rings (SSSR count). The fourth-order valence-electron chi connectivity index (χ4n) is 1.37. The lowest BCUT2D eigenvalue weighted by atomic mass is 10.1. The first-order valence-electron chi connectivity index (χ1n) is 5.25. The van der Waals surface area contributed by atoms with Crippen LogP contribution in [-0.4, -0.2) is 19.2 Å². The lowest BCUT2D eigenvalue weighted by Crippen LogP contribution is -2.02. The zero-order chi connectivity index (χ0) is 12.0. The Morgan fingerprint density at radius 3 is 2.31 bits per heavy atom. The molecule has 0 fully saturated rings. The van der Waals surface area contributed by atoms with Crippen molar-refractivity contribution in [3.63, 3.8) is 0 Å². The first-order valence-corrected chi connectivity index (χ1v) is 5.25. The number of ether oxygens (including phenoxy) is 2. The maximum absolute atomic E-state index is 10.5. The molecular weight excluding hydrogens is 208 g/mol. The van der Waals surface area contributed by atoms with Crippen molar-refractivity contribution in [3.05, 3.63) is 23.8 Å². The summed E-state index contributed by atoms with van der Waals surface area (Å²) in [7, 11) is 0. The third kappa shape index (κ3) is 3.46. The van der Waals surface area contributed by atoms with E-state index in [4.69, 9.17) is 9.47 Å². The van der Waals surface area contributed by atoms with E-state index in [1.165, 1.54) is 0 Å². The minimum atomic E-state index is -1.10. The van der Waals surface area contributed by atoms with Gasteiger partial charge in [0.15, 0.2) is 11.5 Å². The summed E-state index contributed by atoms with van der Waals surface area (Å²) in [5.74, 6) is 0.0983. The monoisotopic (exact) mass is 223 g/mol. The molecule has 87 valence electrons. The Morgan fingerprint density at radius 1 is 1.12 bits per heavy atom. The Morgan fingerprint density at radius 2 is 1.75 bits per heavy atom. The van der Waals surface area contributed by atoms with Crippen LogP contribution in [-0.2, 0) is 16.3 Å². The summed E-state index contributed by atoms with van der Waals surface area (Å²) < 4.78 is 10.7. The van der Waals surface area contributed by atoms with Crippen molar-refractivity contribution in [2.45, 2.75) is 20.3 Å². The first kappa shape index (κ1) is 12.4. The Bertz CT molecular complexity index is 360. The van der Waals surface area contributed by atoms with E-state index in [1.54, 1.807) is 18.2 Å². The molecule has 16 heavy (non-hydrogen) atoms. The van der Waals surface area contributed by atoms with E-state index in [0.29, 0.717) is 30.3 Å². The fraction of sp³-hybridized carbons (Fsp3) is 0.417. The summed E-state index contributed by atoms with van der Waals surface area (Å²) in [6.45, 7) is 4.79. The van der Waals surface area contributed by atoms with E-state index in [-0.39, 0.29) is 6.42 Å². The van der Waals surface area contributed by atoms with Crippen molar-refractivity contribution in [2.24, 2.45) is 0 Å². The average Bonchev–Trinajstić information content (AvgIpc) is 2.21. The van der Waals surface area contributed by atoms with Crippen LogP contribution >= 0.6 is 0 Å². The summed E-state index contributed by atoms with van der Waals surface area (Å²) in [5, 5.41) is 10.5.